The fourth-order valence-electron chi connectivity index (χ4n) is 1.33. The van der Waals surface area contributed by atoms with Gasteiger partial charge in [0.1, 0.15) is 5.75 Å². The average molecular weight is 280 g/mol. The van der Waals surface area contributed by atoms with Crippen molar-refractivity contribution in [3.8, 4) is 5.75 Å². The molecule has 0 fully saturated rings. The van der Waals surface area contributed by atoms with Crippen molar-refractivity contribution in [2.24, 2.45) is 7.05 Å². The lowest BCUT2D eigenvalue weighted by Gasteiger charge is -2.05. The van der Waals surface area contributed by atoms with Gasteiger partial charge in [0.25, 0.3) is 0 Å². The predicted octanol–water partition coefficient (Wildman–Crippen LogP) is 1.08. The Morgan fingerprint density at radius 2 is 2.16 bits per heavy atom. The van der Waals surface area contributed by atoms with Crippen LogP contribution in [-0.2, 0) is 7.05 Å². The summed E-state index contributed by atoms with van der Waals surface area (Å²) in [7, 11) is 1.77. The number of tetrazole rings is 1. The Labute approximate surface area is 113 Å². The van der Waals surface area contributed by atoms with Crippen LogP contribution in [0.2, 0.25) is 0 Å². The summed E-state index contributed by atoms with van der Waals surface area (Å²) in [5.41, 5.74) is 0.242. The second-order valence-corrected chi connectivity index (χ2v) is 4.67. The highest BCUT2D eigenvalue weighted by atomic mass is 32.2. The molecule has 0 aliphatic carbocycles. The van der Waals surface area contributed by atoms with E-state index in [4.69, 9.17) is 9.84 Å². The quantitative estimate of drug-likeness (QED) is 0.625. The van der Waals surface area contributed by atoms with Gasteiger partial charge in [-0.15, -0.1) is 5.10 Å². The third-order valence-electron chi connectivity index (χ3n) is 2.27. The van der Waals surface area contributed by atoms with Crippen molar-refractivity contribution in [1.29, 1.82) is 0 Å². The van der Waals surface area contributed by atoms with Crippen LogP contribution in [-0.4, -0.2) is 43.6 Å². The minimum Gasteiger partial charge on any atom is -0.493 e. The Morgan fingerprint density at radius 3 is 2.74 bits per heavy atom. The second kappa shape index (κ2) is 6.19. The summed E-state index contributed by atoms with van der Waals surface area (Å²) < 4.78 is 7.08. The summed E-state index contributed by atoms with van der Waals surface area (Å²) >= 11 is 1.49. The third kappa shape index (κ3) is 3.68. The van der Waals surface area contributed by atoms with Crippen molar-refractivity contribution in [1.82, 2.24) is 20.2 Å². The lowest BCUT2D eigenvalue weighted by Crippen LogP contribution is -2.02. The molecule has 1 aromatic heterocycles. The maximum atomic E-state index is 10.7. The SMILES string of the molecule is Cn1nnnc1SCCOc1ccc(C(=O)O)cc1. The van der Waals surface area contributed by atoms with Gasteiger partial charge in [0, 0.05) is 12.8 Å². The van der Waals surface area contributed by atoms with E-state index in [0.29, 0.717) is 18.1 Å². The minimum atomic E-state index is -0.947. The zero-order chi connectivity index (χ0) is 13.7. The van der Waals surface area contributed by atoms with Crippen molar-refractivity contribution in [2.75, 3.05) is 12.4 Å². The highest BCUT2D eigenvalue weighted by Gasteiger charge is 2.04. The van der Waals surface area contributed by atoms with Gasteiger partial charge >= 0.3 is 5.97 Å². The zero-order valence-electron chi connectivity index (χ0n) is 10.2. The maximum absolute atomic E-state index is 10.7. The van der Waals surface area contributed by atoms with Crippen LogP contribution in [0.3, 0.4) is 0 Å². The fourth-order valence-corrected chi connectivity index (χ4v) is 2.00. The number of aryl methyl sites for hydroxylation is 1. The summed E-state index contributed by atoms with van der Waals surface area (Å²) in [6, 6.07) is 6.30. The molecule has 100 valence electrons. The topological polar surface area (TPSA) is 90.1 Å². The second-order valence-electron chi connectivity index (χ2n) is 3.61. The third-order valence-corrected chi connectivity index (χ3v) is 3.24. The lowest BCUT2D eigenvalue weighted by molar-refractivity contribution is 0.0697. The summed E-state index contributed by atoms with van der Waals surface area (Å²) in [4.78, 5) is 10.7. The van der Waals surface area contributed by atoms with Crippen molar-refractivity contribution in [3.05, 3.63) is 29.8 Å². The number of thioether (sulfide) groups is 1. The molecule has 0 atom stereocenters. The Balaban J connectivity index is 1.76. The van der Waals surface area contributed by atoms with Gasteiger partial charge < -0.3 is 9.84 Å². The van der Waals surface area contributed by atoms with Crippen molar-refractivity contribution < 1.29 is 14.6 Å². The van der Waals surface area contributed by atoms with Crippen LogP contribution >= 0.6 is 11.8 Å². The molecule has 7 nitrogen and oxygen atoms in total. The van der Waals surface area contributed by atoms with Crippen molar-refractivity contribution in [3.63, 3.8) is 0 Å². The van der Waals surface area contributed by atoms with Gasteiger partial charge in [0.2, 0.25) is 5.16 Å². The number of hydrogen-bond donors (Lipinski definition) is 1. The Hall–Kier alpha value is -2.09. The monoisotopic (exact) mass is 280 g/mol. The molecule has 1 N–H and O–H groups in total. The number of benzene rings is 1. The zero-order valence-corrected chi connectivity index (χ0v) is 11.0. The highest BCUT2D eigenvalue weighted by Crippen LogP contribution is 2.15. The first-order valence-electron chi connectivity index (χ1n) is 5.48. The minimum absolute atomic E-state index is 0.242. The number of ether oxygens (including phenoxy) is 1. The summed E-state index contributed by atoms with van der Waals surface area (Å²) in [5, 5.41) is 20.6. The van der Waals surface area contributed by atoms with Gasteiger partial charge in [-0.2, -0.15) is 0 Å². The van der Waals surface area contributed by atoms with Gasteiger partial charge in [0.15, 0.2) is 0 Å². The Kier molecular flexibility index (Phi) is 4.35. The van der Waals surface area contributed by atoms with Gasteiger partial charge in [-0.05, 0) is 34.7 Å². The molecule has 2 rings (SSSR count). The number of carboxylic acid groups (broad SMARTS) is 1. The molecular formula is C11H12N4O3S. The van der Waals surface area contributed by atoms with Crippen LogP contribution in [0.1, 0.15) is 10.4 Å². The largest absolute Gasteiger partial charge is 0.493 e. The standard InChI is InChI=1S/C11H12N4O3S/c1-15-11(12-13-14-15)19-7-6-18-9-4-2-8(3-5-9)10(16)17/h2-5H,6-7H2,1H3,(H,16,17). The van der Waals surface area contributed by atoms with E-state index in [1.165, 1.54) is 23.9 Å². The number of carbonyl (C=O) groups is 1. The molecule has 0 radical (unpaired) electrons. The van der Waals surface area contributed by atoms with Gasteiger partial charge in [-0.25, -0.2) is 9.48 Å². The summed E-state index contributed by atoms with van der Waals surface area (Å²) in [5.74, 6) is 0.396. The van der Waals surface area contributed by atoms with Gasteiger partial charge in [-0.3, -0.25) is 0 Å². The van der Waals surface area contributed by atoms with E-state index >= 15 is 0 Å². The van der Waals surface area contributed by atoms with Crippen molar-refractivity contribution in [2.45, 2.75) is 5.16 Å². The van der Waals surface area contributed by atoms with Crippen LogP contribution in [0.15, 0.2) is 29.4 Å². The number of aromatic carboxylic acids is 1. The molecule has 2 aromatic rings. The number of aromatic nitrogens is 4. The van der Waals surface area contributed by atoms with Gasteiger partial charge in [0.05, 0.1) is 12.2 Å². The molecule has 0 bridgehead atoms. The molecule has 1 aromatic carbocycles. The van der Waals surface area contributed by atoms with E-state index in [2.05, 4.69) is 15.5 Å². The number of hydrogen-bond acceptors (Lipinski definition) is 6. The average Bonchev–Trinajstić information content (AvgIpc) is 2.81. The smallest absolute Gasteiger partial charge is 0.335 e. The highest BCUT2D eigenvalue weighted by molar-refractivity contribution is 7.99. The van der Waals surface area contributed by atoms with Crippen LogP contribution in [0, 0.1) is 0 Å². The number of carboxylic acids is 1. The van der Waals surface area contributed by atoms with Crippen LogP contribution in [0.25, 0.3) is 0 Å². The van der Waals surface area contributed by atoms with Crippen LogP contribution in [0.5, 0.6) is 5.75 Å². The first-order chi connectivity index (χ1) is 9.16. The normalized spacial score (nSPS) is 10.4. The van der Waals surface area contributed by atoms with E-state index in [1.54, 1.807) is 23.9 Å². The first kappa shape index (κ1) is 13.3. The molecule has 0 aliphatic rings. The van der Waals surface area contributed by atoms with Crippen LogP contribution in [0.4, 0.5) is 0 Å². The Morgan fingerprint density at radius 1 is 1.42 bits per heavy atom. The fraction of sp³-hybridized carbons (Fsp3) is 0.273. The number of nitrogens with zero attached hydrogens (tertiary/aromatic N) is 4. The molecule has 0 amide bonds. The summed E-state index contributed by atoms with van der Waals surface area (Å²) in [6.07, 6.45) is 0. The van der Waals surface area contributed by atoms with E-state index in [1.807, 2.05) is 0 Å². The molecular weight excluding hydrogens is 268 g/mol. The molecule has 0 aliphatic heterocycles. The summed E-state index contributed by atoms with van der Waals surface area (Å²) in [6.45, 7) is 0.490. The van der Waals surface area contributed by atoms with E-state index < -0.39 is 5.97 Å². The number of rotatable bonds is 6. The molecule has 0 saturated carbocycles. The van der Waals surface area contributed by atoms with E-state index in [9.17, 15) is 4.79 Å². The molecule has 0 unspecified atom stereocenters. The van der Waals surface area contributed by atoms with Crippen LogP contribution < -0.4 is 4.74 Å². The maximum Gasteiger partial charge on any atom is 0.335 e. The van der Waals surface area contributed by atoms with E-state index in [-0.39, 0.29) is 5.56 Å². The lowest BCUT2D eigenvalue weighted by atomic mass is 10.2. The van der Waals surface area contributed by atoms with E-state index in [0.717, 1.165) is 5.16 Å². The molecule has 19 heavy (non-hydrogen) atoms. The predicted molar refractivity (Wildman–Crippen MR) is 68.4 cm³/mol. The van der Waals surface area contributed by atoms with Crippen molar-refractivity contribution >= 4 is 17.7 Å². The van der Waals surface area contributed by atoms with Gasteiger partial charge in [-0.1, -0.05) is 11.8 Å². The molecule has 8 heteroatoms. The first-order valence-corrected chi connectivity index (χ1v) is 6.46. The molecule has 1 heterocycles. The Bertz CT molecular complexity index is 555. The molecule has 0 spiro atoms. The molecule has 0 saturated heterocycles.